The van der Waals surface area contributed by atoms with Crippen molar-refractivity contribution < 1.29 is 18.7 Å². The Morgan fingerprint density at radius 3 is 2.59 bits per heavy atom. The normalized spacial score (nSPS) is 15.6. The topological polar surface area (TPSA) is 40.0 Å². The van der Waals surface area contributed by atoms with Gasteiger partial charge >= 0.3 is 0 Å². The predicted octanol–water partition coefficient (Wildman–Crippen LogP) is 4.96. The zero-order valence-electron chi connectivity index (χ0n) is 15.0. The smallest absolute Gasteiger partial charge is 0.164 e. The standard InChI is InChI=1S/C22H20FNO3/c1-22(14-25-15-22)13-24-27-21-10-19(23)9-20(11-21)26-12-16-6-7-17-4-2-3-5-18(17)8-16/h2-11,13H,12,14-15H2,1H3. The maximum absolute atomic E-state index is 13.9. The van der Waals surface area contributed by atoms with E-state index in [1.54, 1.807) is 12.3 Å². The molecule has 1 aliphatic rings. The molecule has 138 valence electrons. The van der Waals surface area contributed by atoms with Gasteiger partial charge in [0.15, 0.2) is 5.75 Å². The second kappa shape index (κ2) is 7.37. The average Bonchev–Trinajstić information content (AvgIpc) is 2.64. The van der Waals surface area contributed by atoms with Gasteiger partial charge in [0.2, 0.25) is 0 Å². The second-order valence-electron chi connectivity index (χ2n) is 7.07. The van der Waals surface area contributed by atoms with Gasteiger partial charge in [-0.3, -0.25) is 0 Å². The van der Waals surface area contributed by atoms with Gasteiger partial charge in [0.1, 0.15) is 18.2 Å². The number of rotatable bonds is 6. The molecule has 4 nitrogen and oxygen atoms in total. The lowest BCUT2D eigenvalue weighted by Gasteiger charge is -2.33. The van der Waals surface area contributed by atoms with Crippen LogP contribution in [0.5, 0.6) is 11.5 Å². The molecule has 0 aromatic heterocycles. The van der Waals surface area contributed by atoms with Crippen molar-refractivity contribution in [2.24, 2.45) is 10.6 Å². The van der Waals surface area contributed by atoms with Crippen LogP contribution in [0.2, 0.25) is 0 Å². The monoisotopic (exact) mass is 365 g/mol. The third kappa shape index (κ3) is 4.26. The van der Waals surface area contributed by atoms with E-state index in [0.717, 1.165) is 10.9 Å². The highest BCUT2D eigenvalue weighted by Gasteiger charge is 2.31. The number of nitrogens with zero attached hydrogens (tertiary/aromatic N) is 1. The van der Waals surface area contributed by atoms with Crippen molar-refractivity contribution in [2.45, 2.75) is 13.5 Å². The molecule has 1 aliphatic heterocycles. The highest BCUT2D eigenvalue weighted by Crippen LogP contribution is 2.26. The molecule has 3 aromatic rings. The van der Waals surface area contributed by atoms with Gasteiger partial charge in [-0.15, -0.1) is 0 Å². The molecule has 0 saturated carbocycles. The summed E-state index contributed by atoms with van der Waals surface area (Å²) < 4.78 is 24.8. The summed E-state index contributed by atoms with van der Waals surface area (Å²) in [6.07, 6.45) is 1.69. The van der Waals surface area contributed by atoms with Crippen LogP contribution in [-0.4, -0.2) is 19.4 Å². The third-order valence-electron chi connectivity index (χ3n) is 4.45. The maximum Gasteiger partial charge on any atom is 0.164 e. The van der Waals surface area contributed by atoms with E-state index in [2.05, 4.69) is 23.4 Å². The van der Waals surface area contributed by atoms with Gasteiger partial charge in [-0.25, -0.2) is 4.39 Å². The third-order valence-corrected chi connectivity index (χ3v) is 4.45. The highest BCUT2D eigenvalue weighted by molar-refractivity contribution is 5.82. The molecule has 1 fully saturated rings. The second-order valence-corrected chi connectivity index (χ2v) is 7.07. The van der Waals surface area contributed by atoms with Gasteiger partial charge in [-0.1, -0.05) is 48.5 Å². The quantitative estimate of drug-likeness (QED) is 0.458. The molecule has 1 heterocycles. The largest absolute Gasteiger partial charge is 0.489 e. The van der Waals surface area contributed by atoms with Crippen LogP contribution in [0, 0.1) is 11.2 Å². The summed E-state index contributed by atoms with van der Waals surface area (Å²) in [6.45, 7) is 3.59. The Kier molecular flexibility index (Phi) is 4.77. The first kappa shape index (κ1) is 17.5. The number of oxime groups is 1. The molecule has 0 amide bonds. The maximum atomic E-state index is 13.9. The minimum Gasteiger partial charge on any atom is -0.489 e. The van der Waals surface area contributed by atoms with Crippen LogP contribution in [-0.2, 0) is 11.3 Å². The van der Waals surface area contributed by atoms with Crippen molar-refractivity contribution in [3.63, 3.8) is 0 Å². The molecule has 0 N–H and O–H groups in total. The summed E-state index contributed by atoms with van der Waals surface area (Å²) in [5.41, 5.74) is 0.902. The molecule has 0 spiro atoms. The number of fused-ring (bicyclic) bond motifs is 1. The lowest BCUT2D eigenvalue weighted by Crippen LogP contribution is -2.41. The van der Waals surface area contributed by atoms with Crippen molar-refractivity contribution in [3.05, 3.63) is 72.0 Å². The molecule has 0 radical (unpaired) electrons. The lowest BCUT2D eigenvalue weighted by molar-refractivity contribution is -0.0563. The van der Waals surface area contributed by atoms with Crippen LogP contribution >= 0.6 is 0 Å². The SMILES string of the molecule is CC1(C=NOc2cc(F)cc(OCc3ccc4ccccc4c3)c2)COC1. The van der Waals surface area contributed by atoms with Crippen LogP contribution in [0.25, 0.3) is 10.8 Å². The summed E-state index contributed by atoms with van der Waals surface area (Å²) in [4.78, 5) is 5.30. The van der Waals surface area contributed by atoms with Crippen molar-refractivity contribution in [1.29, 1.82) is 0 Å². The van der Waals surface area contributed by atoms with E-state index < -0.39 is 5.82 Å². The molecule has 0 atom stereocenters. The molecule has 1 saturated heterocycles. The van der Waals surface area contributed by atoms with Gasteiger partial charge in [-0.05, 0) is 22.4 Å². The lowest BCUT2D eigenvalue weighted by atomic mass is 9.91. The van der Waals surface area contributed by atoms with Crippen LogP contribution in [0.15, 0.2) is 65.8 Å². The van der Waals surface area contributed by atoms with E-state index in [1.165, 1.54) is 17.5 Å². The summed E-state index contributed by atoms with van der Waals surface area (Å²) in [6, 6.07) is 18.5. The molecule has 0 aliphatic carbocycles. The molecule has 0 bridgehead atoms. The van der Waals surface area contributed by atoms with Gasteiger partial charge < -0.3 is 14.3 Å². The molecule has 5 heteroatoms. The molecular formula is C22H20FNO3. The van der Waals surface area contributed by atoms with Gasteiger partial charge in [0, 0.05) is 18.2 Å². The highest BCUT2D eigenvalue weighted by atomic mass is 19.1. The van der Waals surface area contributed by atoms with Crippen molar-refractivity contribution >= 4 is 17.0 Å². The number of hydrogen-bond donors (Lipinski definition) is 0. The molecule has 4 rings (SSSR count). The van der Waals surface area contributed by atoms with Crippen LogP contribution in [0.4, 0.5) is 4.39 Å². The first-order valence-corrected chi connectivity index (χ1v) is 8.80. The van der Waals surface area contributed by atoms with E-state index >= 15 is 0 Å². The Hall–Kier alpha value is -2.92. The Balaban J connectivity index is 1.42. The number of ether oxygens (including phenoxy) is 2. The van der Waals surface area contributed by atoms with Crippen LogP contribution in [0.3, 0.4) is 0 Å². The fraction of sp³-hybridized carbons (Fsp3) is 0.227. The Morgan fingerprint density at radius 2 is 1.81 bits per heavy atom. The van der Waals surface area contributed by atoms with Gasteiger partial charge in [0.05, 0.1) is 24.8 Å². The van der Waals surface area contributed by atoms with E-state index in [-0.39, 0.29) is 5.41 Å². The zero-order chi connectivity index (χ0) is 18.7. The first-order chi connectivity index (χ1) is 13.1. The van der Waals surface area contributed by atoms with Crippen molar-refractivity contribution in [3.8, 4) is 11.5 Å². The van der Waals surface area contributed by atoms with Gasteiger partial charge in [0.25, 0.3) is 0 Å². The van der Waals surface area contributed by atoms with Crippen molar-refractivity contribution in [2.75, 3.05) is 13.2 Å². The van der Waals surface area contributed by atoms with E-state index in [4.69, 9.17) is 14.3 Å². The number of benzene rings is 3. The fourth-order valence-electron chi connectivity index (χ4n) is 2.88. The van der Waals surface area contributed by atoms with E-state index in [0.29, 0.717) is 31.3 Å². The minimum atomic E-state index is -0.436. The van der Waals surface area contributed by atoms with Crippen LogP contribution < -0.4 is 9.57 Å². The molecule has 0 unspecified atom stereocenters. The Labute approximate surface area is 157 Å². The Morgan fingerprint density at radius 1 is 1.04 bits per heavy atom. The Bertz CT molecular complexity index is 982. The number of halogens is 1. The summed E-state index contributed by atoms with van der Waals surface area (Å²) in [5, 5.41) is 6.26. The molecule has 27 heavy (non-hydrogen) atoms. The average molecular weight is 365 g/mol. The predicted molar refractivity (Wildman–Crippen MR) is 103 cm³/mol. The van der Waals surface area contributed by atoms with Gasteiger partial charge in [-0.2, -0.15) is 0 Å². The summed E-state index contributed by atoms with van der Waals surface area (Å²) >= 11 is 0. The molecular weight excluding hydrogens is 345 g/mol. The minimum absolute atomic E-state index is 0.108. The van der Waals surface area contributed by atoms with Crippen molar-refractivity contribution in [1.82, 2.24) is 0 Å². The van der Waals surface area contributed by atoms with Crippen LogP contribution in [0.1, 0.15) is 12.5 Å². The molecule has 3 aromatic carbocycles. The summed E-state index contributed by atoms with van der Waals surface area (Å²) in [7, 11) is 0. The zero-order valence-corrected chi connectivity index (χ0v) is 15.0. The van der Waals surface area contributed by atoms with E-state index in [9.17, 15) is 4.39 Å². The fourth-order valence-corrected chi connectivity index (χ4v) is 2.88. The van der Waals surface area contributed by atoms with E-state index in [1.807, 2.05) is 31.2 Å². The number of hydrogen-bond acceptors (Lipinski definition) is 4. The first-order valence-electron chi connectivity index (χ1n) is 8.80. The summed E-state index contributed by atoms with van der Waals surface area (Å²) in [5.74, 6) is 0.254.